The summed E-state index contributed by atoms with van der Waals surface area (Å²) in [4.78, 5) is 14.6. The highest BCUT2D eigenvalue weighted by Crippen LogP contribution is 2.44. The first kappa shape index (κ1) is 15.7. The van der Waals surface area contributed by atoms with E-state index in [0.717, 1.165) is 25.9 Å². The number of rotatable bonds is 2. The monoisotopic (exact) mass is 253 g/mol. The molecule has 2 nitrogen and oxygen atoms in total. The van der Waals surface area contributed by atoms with Crippen LogP contribution < -0.4 is 0 Å². The second kappa shape index (κ2) is 6.18. The van der Waals surface area contributed by atoms with Crippen molar-refractivity contribution in [3.8, 4) is 0 Å². The van der Waals surface area contributed by atoms with Gasteiger partial charge in [0.1, 0.15) is 5.78 Å². The Balaban J connectivity index is 0.000000771. The fraction of sp³-hybridized carbons (Fsp3) is 0.938. The zero-order valence-electron chi connectivity index (χ0n) is 13.0. The van der Waals surface area contributed by atoms with Crippen molar-refractivity contribution in [1.29, 1.82) is 0 Å². The molecule has 18 heavy (non-hydrogen) atoms. The molecule has 0 unspecified atom stereocenters. The molecular weight excluding hydrogens is 222 g/mol. The number of ketones is 1. The van der Waals surface area contributed by atoms with Crippen molar-refractivity contribution in [3.05, 3.63) is 0 Å². The molecule has 2 rings (SSSR count). The molecule has 0 bridgehead atoms. The van der Waals surface area contributed by atoms with Gasteiger partial charge in [-0.1, -0.05) is 27.7 Å². The van der Waals surface area contributed by atoms with Crippen LogP contribution in [0.5, 0.6) is 0 Å². The molecule has 0 aromatic carbocycles. The van der Waals surface area contributed by atoms with Gasteiger partial charge in [-0.15, -0.1) is 0 Å². The molecule has 0 aromatic rings. The van der Waals surface area contributed by atoms with Crippen LogP contribution in [0.15, 0.2) is 0 Å². The van der Waals surface area contributed by atoms with Crippen LogP contribution in [0.25, 0.3) is 0 Å². The quantitative estimate of drug-likeness (QED) is 0.740. The summed E-state index contributed by atoms with van der Waals surface area (Å²) in [7, 11) is 0. The normalized spacial score (nSPS) is 26.3. The van der Waals surface area contributed by atoms with Crippen LogP contribution in [-0.2, 0) is 4.79 Å². The highest BCUT2D eigenvalue weighted by Gasteiger charge is 2.46. The topological polar surface area (TPSA) is 20.3 Å². The molecule has 0 aromatic heterocycles. The Hall–Kier alpha value is -0.370. The van der Waals surface area contributed by atoms with Gasteiger partial charge in [-0.3, -0.25) is 9.69 Å². The van der Waals surface area contributed by atoms with Crippen LogP contribution in [0.1, 0.15) is 73.1 Å². The molecule has 1 saturated carbocycles. The molecule has 2 aliphatic rings. The number of nitrogens with zero attached hydrogens (tertiary/aromatic N) is 1. The Kier molecular flexibility index (Phi) is 5.39. The predicted molar refractivity (Wildman–Crippen MR) is 77.8 cm³/mol. The van der Waals surface area contributed by atoms with Gasteiger partial charge in [0.15, 0.2) is 0 Å². The van der Waals surface area contributed by atoms with E-state index in [4.69, 9.17) is 0 Å². The maximum absolute atomic E-state index is 12.1. The van der Waals surface area contributed by atoms with Gasteiger partial charge in [-0.25, -0.2) is 0 Å². The van der Waals surface area contributed by atoms with Gasteiger partial charge in [0.2, 0.25) is 0 Å². The molecular formula is C16H31NO. The summed E-state index contributed by atoms with van der Waals surface area (Å²) in [5.74, 6) is 0.407. The molecule has 0 N–H and O–H groups in total. The first-order chi connectivity index (χ1) is 8.46. The number of hydrogen-bond donors (Lipinski definition) is 0. The van der Waals surface area contributed by atoms with Crippen LogP contribution in [0.4, 0.5) is 0 Å². The molecule has 106 valence electrons. The lowest BCUT2D eigenvalue weighted by Gasteiger charge is -2.47. The largest absolute Gasteiger partial charge is 0.298 e. The summed E-state index contributed by atoms with van der Waals surface area (Å²) in [6.45, 7) is 12.7. The van der Waals surface area contributed by atoms with Crippen molar-refractivity contribution in [2.75, 3.05) is 13.1 Å². The third kappa shape index (κ3) is 3.14. The van der Waals surface area contributed by atoms with Crippen molar-refractivity contribution in [1.82, 2.24) is 4.90 Å². The SMILES string of the molecule is CC.CC(=O)C1(N2CCCC2)CCC(C)(C)CC1. The Bertz CT molecular complexity index is 267. The number of carbonyl (C=O) groups is 1. The molecule has 2 heteroatoms. The van der Waals surface area contributed by atoms with Crippen LogP contribution >= 0.6 is 0 Å². The van der Waals surface area contributed by atoms with E-state index in [0.29, 0.717) is 11.2 Å². The van der Waals surface area contributed by atoms with Crippen molar-refractivity contribution in [2.24, 2.45) is 5.41 Å². The molecule has 0 spiro atoms. The van der Waals surface area contributed by atoms with Gasteiger partial charge in [-0.05, 0) is 64.0 Å². The van der Waals surface area contributed by atoms with Gasteiger partial charge in [-0.2, -0.15) is 0 Å². The van der Waals surface area contributed by atoms with Crippen molar-refractivity contribution in [2.45, 2.75) is 78.7 Å². The average Bonchev–Trinajstić information content (AvgIpc) is 2.86. The summed E-state index contributed by atoms with van der Waals surface area (Å²) >= 11 is 0. The Labute approximate surface area is 113 Å². The number of Topliss-reactive ketones (excluding diaryl/α,β-unsaturated/α-hetero) is 1. The fourth-order valence-electron chi connectivity index (χ4n) is 3.38. The van der Waals surface area contributed by atoms with E-state index >= 15 is 0 Å². The summed E-state index contributed by atoms with van der Waals surface area (Å²) < 4.78 is 0. The first-order valence-electron chi connectivity index (χ1n) is 7.72. The number of hydrogen-bond acceptors (Lipinski definition) is 2. The number of likely N-dealkylation sites (tertiary alicyclic amines) is 1. The van der Waals surface area contributed by atoms with Crippen LogP contribution in [0.3, 0.4) is 0 Å². The lowest BCUT2D eigenvalue weighted by atomic mass is 9.67. The maximum Gasteiger partial charge on any atom is 0.150 e. The second-order valence-corrected chi connectivity index (χ2v) is 6.45. The van der Waals surface area contributed by atoms with E-state index in [1.807, 2.05) is 13.8 Å². The Morgan fingerprint density at radius 3 is 1.78 bits per heavy atom. The molecule has 1 aliphatic carbocycles. The molecule has 2 fully saturated rings. The summed E-state index contributed by atoms with van der Waals surface area (Å²) in [5.41, 5.74) is 0.352. The average molecular weight is 253 g/mol. The standard InChI is InChI=1S/C14H25NO.C2H6/c1-12(16)14(15-10-4-5-11-15)8-6-13(2,3)7-9-14;1-2/h4-11H2,1-3H3;1-2H3. The van der Waals surface area contributed by atoms with Gasteiger partial charge in [0.25, 0.3) is 0 Å². The maximum atomic E-state index is 12.1. The molecule has 1 aliphatic heterocycles. The van der Waals surface area contributed by atoms with Gasteiger partial charge in [0, 0.05) is 0 Å². The minimum Gasteiger partial charge on any atom is -0.298 e. The van der Waals surface area contributed by atoms with Crippen LogP contribution in [0, 0.1) is 5.41 Å². The predicted octanol–water partition coefficient (Wildman–Crippen LogP) is 4.04. The number of carbonyl (C=O) groups excluding carboxylic acids is 1. The van der Waals surface area contributed by atoms with E-state index in [2.05, 4.69) is 18.7 Å². The lowest BCUT2D eigenvalue weighted by molar-refractivity contribution is -0.132. The Morgan fingerprint density at radius 1 is 0.944 bits per heavy atom. The minimum absolute atomic E-state index is 0.0912. The third-order valence-electron chi connectivity index (χ3n) is 4.80. The van der Waals surface area contributed by atoms with E-state index in [9.17, 15) is 4.79 Å². The zero-order chi connectivity index (χ0) is 13.8. The van der Waals surface area contributed by atoms with Gasteiger partial charge < -0.3 is 0 Å². The van der Waals surface area contributed by atoms with E-state index in [1.54, 1.807) is 6.92 Å². The lowest BCUT2D eigenvalue weighted by Crippen LogP contribution is -2.55. The van der Waals surface area contributed by atoms with Crippen LogP contribution in [0.2, 0.25) is 0 Å². The molecule has 0 atom stereocenters. The van der Waals surface area contributed by atoms with E-state index in [-0.39, 0.29) is 5.54 Å². The zero-order valence-corrected chi connectivity index (χ0v) is 13.0. The van der Waals surface area contributed by atoms with Crippen molar-refractivity contribution in [3.63, 3.8) is 0 Å². The highest BCUT2D eigenvalue weighted by molar-refractivity contribution is 5.86. The summed E-state index contributed by atoms with van der Waals surface area (Å²) in [5, 5.41) is 0. The molecule has 0 amide bonds. The van der Waals surface area contributed by atoms with E-state index < -0.39 is 0 Å². The van der Waals surface area contributed by atoms with Gasteiger partial charge >= 0.3 is 0 Å². The molecule has 1 saturated heterocycles. The van der Waals surface area contributed by atoms with Crippen molar-refractivity contribution >= 4 is 5.78 Å². The summed E-state index contributed by atoms with van der Waals surface area (Å²) in [6.07, 6.45) is 7.10. The highest BCUT2D eigenvalue weighted by atomic mass is 16.1. The van der Waals surface area contributed by atoms with E-state index in [1.165, 1.54) is 25.7 Å². The fourth-order valence-corrected chi connectivity index (χ4v) is 3.38. The molecule has 1 heterocycles. The second-order valence-electron chi connectivity index (χ2n) is 6.45. The minimum atomic E-state index is -0.0912. The molecule has 0 radical (unpaired) electrons. The third-order valence-corrected chi connectivity index (χ3v) is 4.80. The van der Waals surface area contributed by atoms with Gasteiger partial charge in [0.05, 0.1) is 5.54 Å². The first-order valence-corrected chi connectivity index (χ1v) is 7.72. The smallest absolute Gasteiger partial charge is 0.150 e. The van der Waals surface area contributed by atoms with Crippen molar-refractivity contribution < 1.29 is 4.79 Å². The van der Waals surface area contributed by atoms with Crippen LogP contribution in [-0.4, -0.2) is 29.3 Å². The summed E-state index contributed by atoms with van der Waals surface area (Å²) in [6, 6.07) is 0. The Morgan fingerprint density at radius 2 is 1.39 bits per heavy atom.